The fraction of sp³-hybridized carbons (Fsp3) is 0.933. The van der Waals surface area contributed by atoms with Crippen molar-refractivity contribution >= 4 is 12.3 Å². The molecule has 1 fully saturated rings. The Labute approximate surface area is 221 Å². The summed E-state index contributed by atoms with van der Waals surface area (Å²) < 4.78 is 21.3. The van der Waals surface area contributed by atoms with E-state index in [1.54, 1.807) is 0 Å². The zero-order chi connectivity index (χ0) is 26.4. The molecule has 0 radical (unpaired) electrons. The fourth-order valence-electron chi connectivity index (χ4n) is 4.64. The molecule has 0 amide bonds. The lowest BCUT2D eigenvalue weighted by Gasteiger charge is -2.27. The van der Waals surface area contributed by atoms with E-state index in [4.69, 9.17) is 18.9 Å². The van der Waals surface area contributed by atoms with Gasteiger partial charge in [0.05, 0.1) is 13.2 Å². The SMILES string of the molecule is CC(C)CCCCCCCCCOC(=O)OC1CCC(OC(=O)OCCCCCCCC(C)C)CC1. The molecule has 1 rings (SSSR count). The van der Waals surface area contributed by atoms with Crippen LogP contribution in [0.2, 0.25) is 0 Å². The number of carbonyl (C=O) groups is 2. The van der Waals surface area contributed by atoms with E-state index in [0.29, 0.717) is 38.9 Å². The summed E-state index contributed by atoms with van der Waals surface area (Å²) in [6, 6.07) is 0. The average molecular weight is 513 g/mol. The van der Waals surface area contributed by atoms with Crippen molar-refractivity contribution in [3.63, 3.8) is 0 Å². The first-order valence-corrected chi connectivity index (χ1v) is 15.0. The van der Waals surface area contributed by atoms with Crippen molar-refractivity contribution in [2.45, 2.75) is 155 Å². The summed E-state index contributed by atoms with van der Waals surface area (Å²) in [5, 5.41) is 0. The van der Waals surface area contributed by atoms with Crippen LogP contribution in [0.4, 0.5) is 9.59 Å². The summed E-state index contributed by atoms with van der Waals surface area (Å²) in [7, 11) is 0. The number of hydrogen-bond donors (Lipinski definition) is 0. The Morgan fingerprint density at radius 3 is 1.17 bits per heavy atom. The molecule has 6 heteroatoms. The van der Waals surface area contributed by atoms with Crippen molar-refractivity contribution in [1.29, 1.82) is 0 Å². The normalized spacial score (nSPS) is 17.8. The van der Waals surface area contributed by atoms with Crippen molar-refractivity contribution in [2.24, 2.45) is 11.8 Å². The molecule has 36 heavy (non-hydrogen) atoms. The monoisotopic (exact) mass is 512 g/mol. The van der Waals surface area contributed by atoms with Gasteiger partial charge in [-0.2, -0.15) is 0 Å². The number of carbonyl (C=O) groups excluding carboxylic acids is 2. The summed E-state index contributed by atoms with van der Waals surface area (Å²) in [6.45, 7) is 9.92. The first-order valence-electron chi connectivity index (χ1n) is 15.0. The van der Waals surface area contributed by atoms with Crippen LogP contribution in [0, 0.1) is 11.8 Å². The van der Waals surface area contributed by atoms with Crippen molar-refractivity contribution in [3.8, 4) is 0 Å². The van der Waals surface area contributed by atoms with Gasteiger partial charge in [0.25, 0.3) is 0 Å². The van der Waals surface area contributed by atoms with Gasteiger partial charge in [-0.3, -0.25) is 0 Å². The maximum atomic E-state index is 11.9. The Balaban J connectivity index is 1.93. The molecule has 0 N–H and O–H groups in total. The van der Waals surface area contributed by atoms with Crippen LogP contribution < -0.4 is 0 Å². The second-order valence-electron chi connectivity index (χ2n) is 11.4. The third kappa shape index (κ3) is 19.7. The highest BCUT2D eigenvalue weighted by molar-refractivity contribution is 5.60. The van der Waals surface area contributed by atoms with Crippen LogP contribution in [0.3, 0.4) is 0 Å². The minimum Gasteiger partial charge on any atom is -0.434 e. The van der Waals surface area contributed by atoms with Crippen LogP contribution in [0.15, 0.2) is 0 Å². The first kappa shape index (κ1) is 32.6. The van der Waals surface area contributed by atoms with Gasteiger partial charge in [-0.25, -0.2) is 9.59 Å². The molecule has 0 spiro atoms. The van der Waals surface area contributed by atoms with Gasteiger partial charge in [0.1, 0.15) is 12.2 Å². The third-order valence-electron chi connectivity index (χ3n) is 6.94. The van der Waals surface area contributed by atoms with Gasteiger partial charge in [-0.15, -0.1) is 0 Å². The van der Waals surface area contributed by atoms with E-state index < -0.39 is 12.3 Å². The van der Waals surface area contributed by atoms with Crippen molar-refractivity contribution in [1.82, 2.24) is 0 Å². The van der Waals surface area contributed by atoms with E-state index in [-0.39, 0.29) is 12.2 Å². The highest BCUT2D eigenvalue weighted by atomic mass is 16.7. The average Bonchev–Trinajstić information content (AvgIpc) is 2.82. The number of hydrogen-bond acceptors (Lipinski definition) is 6. The van der Waals surface area contributed by atoms with Crippen LogP contribution in [0.1, 0.15) is 143 Å². The highest BCUT2D eigenvalue weighted by Gasteiger charge is 2.27. The van der Waals surface area contributed by atoms with Crippen LogP contribution in [0.25, 0.3) is 0 Å². The van der Waals surface area contributed by atoms with Crippen LogP contribution in [0.5, 0.6) is 0 Å². The largest absolute Gasteiger partial charge is 0.508 e. The third-order valence-corrected chi connectivity index (χ3v) is 6.94. The molecule has 1 saturated carbocycles. The van der Waals surface area contributed by atoms with Gasteiger partial charge in [0.2, 0.25) is 0 Å². The Morgan fingerprint density at radius 2 is 0.833 bits per heavy atom. The standard InChI is InChI=1S/C30H56O6/c1-25(2)17-13-9-6-5-7-11-15-23-33-29(31)35-27-19-21-28(22-20-27)36-30(32)34-24-16-12-8-10-14-18-26(3)4/h25-28H,5-24H2,1-4H3. The Hall–Kier alpha value is -1.46. The number of rotatable bonds is 20. The number of unbranched alkanes of at least 4 members (excludes halogenated alkanes) is 10. The lowest BCUT2D eigenvalue weighted by Crippen LogP contribution is -2.30. The highest BCUT2D eigenvalue weighted by Crippen LogP contribution is 2.24. The number of ether oxygens (including phenoxy) is 4. The molecule has 1 aliphatic carbocycles. The van der Waals surface area contributed by atoms with Gasteiger partial charge in [-0.05, 0) is 50.4 Å². The molecule has 0 heterocycles. The molecule has 212 valence electrons. The van der Waals surface area contributed by atoms with Crippen molar-refractivity contribution < 1.29 is 28.5 Å². The lowest BCUT2D eigenvalue weighted by molar-refractivity contribution is -0.0271. The zero-order valence-electron chi connectivity index (χ0n) is 23.9. The molecule has 0 aromatic rings. The second-order valence-corrected chi connectivity index (χ2v) is 11.4. The molecule has 0 aromatic heterocycles. The van der Waals surface area contributed by atoms with Crippen molar-refractivity contribution in [3.05, 3.63) is 0 Å². The quantitative estimate of drug-likeness (QED) is 0.119. The predicted octanol–water partition coefficient (Wildman–Crippen LogP) is 9.38. The van der Waals surface area contributed by atoms with E-state index in [1.807, 2.05) is 0 Å². The molecule has 0 saturated heterocycles. The van der Waals surface area contributed by atoms with E-state index in [1.165, 1.54) is 64.2 Å². The van der Waals surface area contributed by atoms with Crippen LogP contribution in [-0.4, -0.2) is 37.7 Å². The summed E-state index contributed by atoms with van der Waals surface area (Å²) in [5.74, 6) is 1.58. The van der Waals surface area contributed by atoms with Gasteiger partial charge in [-0.1, -0.05) is 105 Å². The fourth-order valence-corrected chi connectivity index (χ4v) is 4.64. The van der Waals surface area contributed by atoms with Gasteiger partial charge < -0.3 is 18.9 Å². The summed E-state index contributed by atoms with van der Waals surface area (Å²) >= 11 is 0. The molecular weight excluding hydrogens is 456 g/mol. The molecule has 6 nitrogen and oxygen atoms in total. The van der Waals surface area contributed by atoms with Gasteiger partial charge in [0, 0.05) is 0 Å². The summed E-state index contributed by atoms with van der Waals surface area (Å²) in [6.07, 6.45) is 18.0. The molecule has 0 bridgehead atoms. The smallest absolute Gasteiger partial charge is 0.434 e. The molecule has 1 aliphatic rings. The first-order chi connectivity index (χ1) is 17.4. The molecular formula is C30H56O6. The van der Waals surface area contributed by atoms with E-state index in [9.17, 15) is 9.59 Å². The van der Waals surface area contributed by atoms with E-state index in [2.05, 4.69) is 27.7 Å². The second kappa shape index (κ2) is 21.6. The lowest BCUT2D eigenvalue weighted by atomic mass is 9.95. The minimum absolute atomic E-state index is 0.157. The van der Waals surface area contributed by atoms with E-state index in [0.717, 1.165) is 37.5 Å². The van der Waals surface area contributed by atoms with Gasteiger partial charge in [0.15, 0.2) is 0 Å². The minimum atomic E-state index is -0.575. The Kier molecular flexibility index (Phi) is 19.5. The Bertz CT molecular complexity index is 540. The predicted molar refractivity (Wildman–Crippen MR) is 145 cm³/mol. The summed E-state index contributed by atoms with van der Waals surface area (Å²) in [5.41, 5.74) is 0. The molecule has 0 atom stereocenters. The maximum absolute atomic E-state index is 11.9. The molecule has 0 aromatic carbocycles. The van der Waals surface area contributed by atoms with Crippen LogP contribution in [-0.2, 0) is 18.9 Å². The zero-order valence-corrected chi connectivity index (χ0v) is 23.9. The summed E-state index contributed by atoms with van der Waals surface area (Å²) in [4.78, 5) is 23.9. The topological polar surface area (TPSA) is 71.1 Å². The van der Waals surface area contributed by atoms with E-state index >= 15 is 0 Å². The Morgan fingerprint density at radius 1 is 0.528 bits per heavy atom. The van der Waals surface area contributed by atoms with Crippen LogP contribution >= 0.6 is 0 Å². The molecule has 0 aliphatic heterocycles. The molecule has 0 unspecified atom stereocenters. The van der Waals surface area contributed by atoms with Gasteiger partial charge >= 0.3 is 12.3 Å². The maximum Gasteiger partial charge on any atom is 0.508 e. The van der Waals surface area contributed by atoms with Crippen molar-refractivity contribution in [2.75, 3.05) is 13.2 Å².